The smallest absolute Gasteiger partial charge is 0.267 e. The van der Waals surface area contributed by atoms with E-state index in [-0.39, 0.29) is 11.8 Å². The third-order valence-corrected chi connectivity index (χ3v) is 5.19. The number of carbonyl (C=O) groups excluding carboxylic acids is 1. The molecule has 25 heavy (non-hydrogen) atoms. The molecule has 1 amide bonds. The van der Waals surface area contributed by atoms with Gasteiger partial charge in [-0.05, 0) is 31.0 Å². The summed E-state index contributed by atoms with van der Waals surface area (Å²) in [6.45, 7) is 10.3. The summed E-state index contributed by atoms with van der Waals surface area (Å²) in [4.78, 5) is 22.6. The Morgan fingerprint density at radius 3 is 2.52 bits per heavy atom. The van der Waals surface area contributed by atoms with Crippen molar-refractivity contribution in [1.82, 2.24) is 14.5 Å². The minimum atomic E-state index is -0.103. The summed E-state index contributed by atoms with van der Waals surface area (Å²) in [5.41, 5.74) is 3.58. The Balaban J connectivity index is 1.92. The van der Waals surface area contributed by atoms with Gasteiger partial charge in [0, 0.05) is 18.7 Å². The van der Waals surface area contributed by atoms with Crippen molar-refractivity contribution in [1.29, 1.82) is 0 Å². The van der Waals surface area contributed by atoms with Crippen LogP contribution in [0.15, 0.2) is 18.2 Å². The molecule has 6 heteroatoms. The van der Waals surface area contributed by atoms with Crippen LogP contribution >= 0.6 is 11.3 Å². The standard InChI is InChI=1S/C19H24N4OS/c1-10(2)16-17(25-12(5)20-16)19(24)21-13-7-8-15-14(9-13)22-18(11(3)4)23(15)6/h7-11H,1-6H3,(H,21,24). The number of anilines is 1. The molecule has 0 saturated heterocycles. The lowest BCUT2D eigenvalue weighted by atomic mass is 10.1. The van der Waals surface area contributed by atoms with E-state index in [1.165, 1.54) is 11.3 Å². The molecule has 2 heterocycles. The van der Waals surface area contributed by atoms with E-state index in [9.17, 15) is 4.79 Å². The number of imidazole rings is 1. The Morgan fingerprint density at radius 1 is 1.16 bits per heavy atom. The molecule has 0 aliphatic heterocycles. The van der Waals surface area contributed by atoms with Crippen LogP contribution in [-0.4, -0.2) is 20.4 Å². The normalized spacial score (nSPS) is 11.7. The fraction of sp³-hybridized carbons (Fsp3) is 0.421. The number of amides is 1. The summed E-state index contributed by atoms with van der Waals surface area (Å²) in [6, 6.07) is 5.86. The van der Waals surface area contributed by atoms with Crippen molar-refractivity contribution >= 4 is 34.0 Å². The molecule has 0 fully saturated rings. The average Bonchev–Trinajstić information content (AvgIpc) is 3.08. The Bertz CT molecular complexity index is 936. The highest BCUT2D eigenvalue weighted by Crippen LogP contribution is 2.27. The number of thiazole rings is 1. The molecule has 3 aromatic rings. The number of benzene rings is 1. The summed E-state index contributed by atoms with van der Waals surface area (Å²) in [5.74, 6) is 1.51. The van der Waals surface area contributed by atoms with Gasteiger partial charge in [-0.3, -0.25) is 4.79 Å². The van der Waals surface area contributed by atoms with Crippen LogP contribution in [-0.2, 0) is 7.05 Å². The van der Waals surface area contributed by atoms with Crippen molar-refractivity contribution in [3.05, 3.63) is 39.6 Å². The fourth-order valence-corrected chi connectivity index (χ4v) is 3.97. The summed E-state index contributed by atoms with van der Waals surface area (Å²) in [7, 11) is 2.03. The van der Waals surface area contributed by atoms with E-state index in [2.05, 4.69) is 42.6 Å². The minimum absolute atomic E-state index is 0.103. The summed E-state index contributed by atoms with van der Waals surface area (Å²) in [5, 5.41) is 3.91. The van der Waals surface area contributed by atoms with Gasteiger partial charge in [0.2, 0.25) is 0 Å². The van der Waals surface area contributed by atoms with E-state index in [0.717, 1.165) is 33.2 Å². The van der Waals surface area contributed by atoms with Crippen LogP contribution in [0.25, 0.3) is 11.0 Å². The van der Waals surface area contributed by atoms with Gasteiger partial charge in [0.25, 0.3) is 5.91 Å². The predicted octanol–water partition coefficient (Wildman–Crippen LogP) is 4.84. The predicted molar refractivity (Wildman–Crippen MR) is 104 cm³/mol. The van der Waals surface area contributed by atoms with Crippen molar-refractivity contribution in [2.45, 2.75) is 46.5 Å². The Kier molecular flexibility index (Phi) is 4.64. The quantitative estimate of drug-likeness (QED) is 0.728. The monoisotopic (exact) mass is 356 g/mol. The molecule has 0 unspecified atom stereocenters. The highest BCUT2D eigenvalue weighted by Gasteiger charge is 2.19. The first kappa shape index (κ1) is 17.6. The third-order valence-electron chi connectivity index (χ3n) is 4.20. The molecule has 5 nitrogen and oxygen atoms in total. The highest BCUT2D eigenvalue weighted by atomic mass is 32.1. The van der Waals surface area contributed by atoms with Gasteiger partial charge in [0.1, 0.15) is 10.7 Å². The van der Waals surface area contributed by atoms with Crippen LogP contribution in [0.4, 0.5) is 5.69 Å². The van der Waals surface area contributed by atoms with Crippen LogP contribution in [0.5, 0.6) is 0 Å². The maximum atomic E-state index is 12.7. The zero-order valence-corrected chi connectivity index (χ0v) is 16.4. The molecule has 0 aliphatic rings. The van der Waals surface area contributed by atoms with Gasteiger partial charge >= 0.3 is 0 Å². The number of aromatic nitrogens is 3. The van der Waals surface area contributed by atoms with Crippen LogP contribution in [0, 0.1) is 6.92 Å². The lowest BCUT2D eigenvalue weighted by Gasteiger charge is -2.07. The van der Waals surface area contributed by atoms with Gasteiger partial charge in [0.15, 0.2) is 0 Å². The van der Waals surface area contributed by atoms with Gasteiger partial charge in [-0.25, -0.2) is 9.97 Å². The zero-order chi connectivity index (χ0) is 18.3. The van der Waals surface area contributed by atoms with Crippen LogP contribution in [0.3, 0.4) is 0 Å². The van der Waals surface area contributed by atoms with Crippen molar-refractivity contribution < 1.29 is 4.79 Å². The number of fused-ring (bicyclic) bond motifs is 1. The molecule has 0 aliphatic carbocycles. The molecule has 0 radical (unpaired) electrons. The molecular formula is C19H24N4OS. The van der Waals surface area contributed by atoms with E-state index in [0.29, 0.717) is 10.8 Å². The summed E-state index contributed by atoms with van der Waals surface area (Å²) < 4.78 is 2.11. The minimum Gasteiger partial charge on any atom is -0.331 e. The van der Waals surface area contributed by atoms with Crippen LogP contribution in [0.2, 0.25) is 0 Å². The van der Waals surface area contributed by atoms with Gasteiger partial charge in [-0.2, -0.15) is 0 Å². The molecule has 3 rings (SSSR count). The number of hydrogen-bond acceptors (Lipinski definition) is 4. The molecule has 0 atom stereocenters. The molecule has 1 N–H and O–H groups in total. The topological polar surface area (TPSA) is 59.8 Å². The third kappa shape index (κ3) is 3.31. The number of carbonyl (C=O) groups is 1. The van der Waals surface area contributed by atoms with E-state index in [4.69, 9.17) is 4.98 Å². The van der Waals surface area contributed by atoms with E-state index < -0.39 is 0 Å². The van der Waals surface area contributed by atoms with Crippen LogP contribution < -0.4 is 5.32 Å². The largest absolute Gasteiger partial charge is 0.331 e. The van der Waals surface area contributed by atoms with Crippen LogP contribution in [0.1, 0.15) is 65.7 Å². The zero-order valence-electron chi connectivity index (χ0n) is 15.5. The van der Waals surface area contributed by atoms with Crippen molar-refractivity contribution in [2.75, 3.05) is 5.32 Å². The van der Waals surface area contributed by atoms with Crippen molar-refractivity contribution in [3.8, 4) is 0 Å². The number of rotatable bonds is 4. The molecule has 0 bridgehead atoms. The second kappa shape index (κ2) is 6.59. The molecule has 0 spiro atoms. The fourth-order valence-electron chi connectivity index (χ4n) is 3.00. The Morgan fingerprint density at radius 2 is 1.88 bits per heavy atom. The number of nitrogens with zero attached hydrogens (tertiary/aromatic N) is 3. The highest BCUT2D eigenvalue weighted by molar-refractivity contribution is 7.13. The van der Waals surface area contributed by atoms with Gasteiger partial charge in [-0.1, -0.05) is 27.7 Å². The average molecular weight is 356 g/mol. The molecule has 1 aromatic carbocycles. The second-order valence-electron chi connectivity index (χ2n) is 6.94. The van der Waals surface area contributed by atoms with Crippen molar-refractivity contribution in [3.63, 3.8) is 0 Å². The molecule has 2 aromatic heterocycles. The Hall–Kier alpha value is -2.21. The molecular weight excluding hydrogens is 332 g/mol. The summed E-state index contributed by atoms with van der Waals surface area (Å²) in [6.07, 6.45) is 0. The number of nitrogens with one attached hydrogen (secondary N) is 1. The molecule has 132 valence electrons. The number of hydrogen-bond donors (Lipinski definition) is 1. The first-order chi connectivity index (χ1) is 11.8. The maximum absolute atomic E-state index is 12.7. The van der Waals surface area contributed by atoms with Gasteiger partial charge in [0.05, 0.1) is 21.7 Å². The SMILES string of the molecule is Cc1nc(C(C)C)c(C(=O)Nc2ccc3c(c2)nc(C(C)C)n3C)s1. The Labute approximate surface area is 152 Å². The van der Waals surface area contributed by atoms with E-state index in [1.54, 1.807) is 0 Å². The first-order valence-electron chi connectivity index (χ1n) is 8.53. The van der Waals surface area contributed by atoms with E-state index in [1.807, 2.05) is 32.2 Å². The van der Waals surface area contributed by atoms with E-state index >= 15 is 0 Å². The van der Waals surface area contributed by atoms with Gasteiger partial charge in [-0.15, -0.1) is 11.3 Å². The number of aryl methyl sites for hydroxylation is 2. The lowest BCUT2D eigenvalue weighted by Crippen LogP contribution is -2.13. The molecule has 0 saturated carbocycles. The lowest BCUT2D eigenvalue weighted by molar-refractivity contribution is 0.102. The second-order valence-corrected chi connectivity index (χ2v) is 8.15. The van der Waals surface area contributed by atoms with Gasteiger partial charge < -0.3 is 9.88 Å². The van der Waals surface area contributed by atoms with Crippen molar-refractivity contribution in [2.24, 2.45) is 7.05 Å². The maximum Gasteiger partial charge on any atom is 0.267 e. The summed E-state index contributed by atoms with van der Waals surface area (Å²) >= 11 is 1.44. The first-order valence-corrected chi connectivity index (χ1v) is 9.34.